The molecule has 1 N–H and O–H groups in total. The van der Waals surface area contributed by atoms with Gasteiger partial charge < -0.3 is 14.8 Å². The third-order valence-electron chi connectivity index (χ3n) is 4.80. The molecule has 1 amide bonds. The lowest BCUT2D eigenvalue weighted by Crippen LogP contribution is -2.32. The molecule has 0 saturated heterocycles. The number of sulfonamides is 1. The summed E-state index contributed by atoms with van der Waals surface area (Å²) in [4.78, 5) is 12.4. The van der Waals surface area contributed by atoms with Gasteiger partial charge in [0.15, 0.2) is 23.1 Å². The average Bonchev–Trinajstić information content (AvgIpc) is 2.74. The van der Waals surface area contributed by atoms with Crippen LogP contribution in [-0.2, 0) is 14.8 Å². The monoisotopic (exact) mass is 484 g/mol. The van der Waals surface area contributed by atoms with E-state index in [0.717, 1.165) is 28.3 Å². The van der Waals surface area contributed by atoms with E-state index in [0.29, 0.717) is 24.7 Å². The number of rotatable bonds is 12. The second kappa shape index (κ2) is 11.8. The molecular formula is C23H30F2N2O5S. The number of hydrogen-bond acceptors (Lipinski definition) is 5. The summed E-state index contributed by atoms with van der Waals surface area (Å²) in [5.41, 5.74) is 0.831. The van der Waals surface area contributed by atoms with Crippen molar-refractivity contribution in [2.75, 3.05) is 30.3 Å². The molecule has 7 nitrogen and oxygen atoms in total. The van der Waals surface area contributed by atoms with Crippen LogP contribution in [0.4, 0.5) is 14.5 Å². The van der Waals surface area contributed by atoms with Crippen LogP contribution in [0.5, 0.6) is 11.5 Å². The minimum Gasteiger partial charge on any atom is -0.490 e. The Labute approximate surface area is 193 Å². The Morgan fingerprint density at radius 2 is 1.70 bits per heavy atom. The molecule has 0 bridgehead atoms. The van der Waals surface area contributed by atoms with Crippen molar-refractivity contribution < 1.29 is 31.5 Å². The second-order valence-electron chi connectivity index (χ2n) is 7.40. The standard InChI is InChI=1S/C23H30F2N2O5S/c1-5-31-21-12-9-17(14-22(21)32-6-2)16(3)26-23(28)8-7-13-27(33(4,29)30)18-10-11-19(24)20(25)15-18/h9-12,14-16H,5-8,13H2,1-4H3,(H,26,28). The van der Waals surface area contributed by atoms with Crippen molar-refractivity contribution in [2.24, 2.45) is 0 Å². The number of carbonyl (C=O) groups is 1. The van der Waals surface area contributed by atoms with Crippen molar-refractivity contribution in [2.45, 2.75) is 39.7 Å². The number of nitrogens with one attached hydrogen (secondary N) is 1. The molecule has 0 saturated carbocycles. The molecule has 0 spiro atoms. The quantitative estimate of drug-likeness (QED) is 0.488. The van der Waals surface area contributed by atoms with E-state index in [9.17, 15) is 22.0 Å². The zero-order valence-corrected chi connectivity index (χ0v) is 20.0. The van der Waals surface area contributed by atoms with Gasteiger partial charge in [-0.25, -0.2) is 17.2 Å². The summed E-state index contributed by atoms with van der Waals surface area (Å²) in [5.74, 6) is -1.27. The molecule has 33 heavy (non-hydrogen) atoms. The Balaban J connectivity index is 1.99. The summed E-state index contributed by atoms with van der Waals surface area (Å²) in [6.07, 6.45) is 1.21. The number of benzene rings is 2. The predicted octanol–water partition coefficient (Wildman–Crippen LogP) is 4.19. The van der Waals surface area contributed by atoms with E-state index in [1.165, 1.54) is 6.07 Å². The van der Waals surface area contributed by atoms with Crippen molar-refractivity contribution in [3.63, 3.8) is 0 Å². The first-order valence-corrected chi connectivity index (χ1v) is 12.5. The van der Waals surface area contributed by atoms with Crippen LogP contribution in [0.3, 0.4) is 0 Å². The highest BCUT2D eigenvalue weighted by Crippen LogP contribution is 2.30. The smallest absolute Gasteiger partial charge is 0.232 e. The van der Waals surface area contributed by atoms with Crippen LogP contribution in [0.1, 0.15) is 45.2 Å². The Bertz CT molecular complexity index is 1060. The van der Waals surface area contributed by atoms with Gasteiger partial charge in [-0.1, -0.05) is 6.07 Å². The first kappa shape index (κ1) is 26.4. The molecular weight excluding hydrogens is 454 g/mol. The van der Waals surface area contributed by atoms with Crippen LogP contribution in [0.25, 0.3) is 0 Å². The minimum atomic E-state index is -3.74. The van der Waals surface area contributed by atoms with Crippen LogP contribution >= 0.6 is 0 Å². The molecule has 0 aliphatic carbocycles. The summed E-state index contributed by atoms with van der Waals surface area (Å²) in [5, 5.41) is 2.87. The first-order chi connectivity index (χ1) is 15.6. The molecule has 2 rings (SSSR count). The molecule has 10 heteroatoms. The largest absolute Gasteiger partial charge is 0.490 e. The van der Waals surface area contributed by atoms with Gasteiger partial charge in [0.2, 0.25) is 15.9 Å². The van der Waals surface area contributed by atoms with Crippen molar-refractivity contribution in [3.05, 3.63) is 53.6 Å². The molecule has 182 valence electrons. The van der Waals surface area contributed by atoms with Gasteiger partial charge in [-0.15, -0.1) is 0 Å². The van der Waals surface area contributed by atoms with Gasteiger partial charge in [0, 0.05) is 19.0 Å². The van der Waals surface area contributed by atoms with E-state index in [4.69, 9.17) is 9.47 Å². The lowest BCUT2D eigenvalue weighted by molar-refractivity contribution is -0.121. The fourth-order valence-corrected chi connectivity index (χ4v) is 4.20. The van der Waals surface area contributed by atoms with Gasteiger partial charge in [0.05, 0.1) is 31.2 Å². The third-order valence-corrected chi connectivity index (χ3v) is 6.00. The van der Waals surface area contributed by atoms with E-state index in [1.54, 1.807) is 6.07 Å². The number of amides is 1. The zero-order chi connectivity index (χ0) is 24.6. The molecule has 0 heterocycles. The van der Waals surface area contributed by atoms with Crippen LogP contribution in [-0.4, -0.2) is 40.3 Å². The lowest BCUT2D eigenvalue weighted by Gasteiger charge is -2.22. The number of halogens is 2. The van der Waals surface area contributed by atoms with E-state index in [1.807, 2.05) is 32.9 Å². The third kappa shape index (κ3) is 7.59. The minimum absolute atomic E-state index is 0.00279. The molecule has 2 aromatic carbocycles. The number of ether oxygens (including phenoxy) is 2. The van der Waals surface area contributed by atoms with Gasteiger partial charge in [0.1, 0.15) is 0 Å². The Kier molecular flexibility index (Phi) is 9.45. The van der Waals surface area contributed by atoms with Crippen molar-refractivity contribution in [1.82, 2.24) is 5.32 Å². The zero-order valence-electron chi connectivity index (χ0n) is 19.2. The summed E-state index contributed by atoms with van der Waals surface area (Å²) in [6.45, 7) is 6.49. The summed E-state index contributed by atoms with van der Waals surface area (Å²) >= 11 is 0. The summed E-state index contributed by atoms with van der Waals surface area (Å²) in [7, 11) is -3.74. The molecule has 0 aliphatic rings. The number of anilines is 1. The molecule has 0 fully saturated rings. The van der Waals surface area contributed by atoms with Gasteiger partial charge >= 0.3 is 0 Å². The van der Waals surface area contributed by atoms with Gasteiger partial charge in [-0.05, 0) is 57.0 Å². The average molecular weight is 485 g/mol. The van der Waals surface area contributed by atoms with Crippen LogP contribution in [0.2, 0.25) is 0 Å². The molecule has 2 aromatic rings. The summed E-state index contributed by atoms with van der Waals surface area (Å²) < 4.78 is 63.1. The van der Waals surface area contributed by atoms with Gasteiger partial charge in [0.25, 0.3) is 0 Å². The molecule has 1 atom stereocenters. The number of nitrogens with zero attached hydrogens (tertiary/aromatic N) is 1. The van der Waals surface area contributed by atoms with Gasteiger partial charge in [-0.3, -0.25) is 9.10 Å². The predicted molar refractivity (Wildman–Crippen MR) is 123 cm³/mol. The van der Waals surface area contributed by atoms with Crippen LogP contribution in [0, 0.1) is 11.6 Å². The van der Waals surface area contributed by atoms with Crippen LogP contribution in [0.15, 0.2) is 36.4 Å². The normalized spacial score (nSPS) is 12.2. The van der Waals surface area contributed by atoms with Crippen molar-refractivity contribution >= 4 is 21.6 Å². The maximum Gasteiger partial charge on any atom is 0.232 e. The van der Waals surface area contributed by atoms with E-state index in [2.05, 4.69) is 5.32 Å². The highest BCUT2D eigenvalue weighted by molar-refractivity contribution is 7.92. The fourth-order valence-electron chi connectivity index (χ4n) is 3.24. The number of carbonyl (C=O) groups excluding carboxylic acids is 1. The van der Waals surface area contributed by atoms with E-state index in [-0.39, 0.29) is 37.0 Å². The highest BCUT2D eigenvalue weighted by Gasteiger charge is 2.20. The SMILES string of the molecule is CCOc1ccc(C(C)NC(=O)CCCN(c2ccc(F)c(F)c2)S(C)(=O)=O)cc1OCC. The lowest BCUT2D eigenvalue weighted by atomic mass is 10.1. The summed E-state index contributed by atoms with van der Waals surface area (Å²) in [6, 6.07) is 8.00. The Hall–Kier alpha value is -2.88. The fraction of sp³-hybridized carbons (Fsp3) is 0.435. The van der Waals surface area contributed by atoms with Gasteiger partial charge in [-0.2, -0.15) is 0 Å². The molecule has 0 aromatic heterocycles. The second-order valence-corrected chi connectivity index (χ2v) is 9.31. The number of hydrogen-bond donors (Lipinski definition) is 1. The van der Waals surface area contributed by atoms with Crippen molar-refractivity contribution in [3.8, 4) is 11.5 Å². The molecule has 1 unspecified atom stereocenters. The Morgan fingerprint density at radius 3 is 2.30 bits per heavy atom. The first-order valence-electron chi connectivity index (χ1n) is 10.7. The topological polar surface area (TPSA) is 84.9 Å². The molecule has 0 aliphatic heterocycles. The molecule has 0 radical (unpaired) electrons. The van der Waals surface area contributed by atoms with Crippen molar-refractivity contribution in [1.29, 1.82) is 0 Å². The van der Waals surface area contributed by atoms with E-state index >= 15 is 0 Å². The van der Waals surface area contributed by atoms with E-state index < -0.39 is 21.7 Å². The maximum atomic E-state index is 13.6. The highest BCUT2D eigenvalue weighted by atomic mass is 32.2. The maximum absolute atomic E-state index is 13.6. The Morgan fingerprint density at radius 1 is 1.03 bits per heavy atom. The van der Waals surface area contributed by atoms with Crippen LogP contribution < -0.4 is 19.1 Å².